The molecule has 0 amide bonds. The van der Waals surface area contributed by atoms with Gasteiger partial charge in [-0.1, -0.05) is 62.4 Å². The van der Waals surface area contributed by atoms with Gasteiger partial charge in [0.2, 0.25) is 0 Å². The van der Waals surface area contributed by atoms with Crippen molar-refractivity contribution in [2.24, 2.45) is 5.92 Å². The van der Waals surface area contributed by atoms with E-state index in [1.165, 1.54) is 4.88 Å². The van der Waals surface area contributed by atoms with E-state index in [-0.39, 0.29) is 23.8 Å². The van der Waals surface area contributed by atoms with Gasteiger partial charge in [-0.2, -0.15) is 0 Å². The van der Waals surface area contributed by atoms with Gasteiger partial charge in [0.15, 0.2) is 11.8 Å². The van der Waals surface area contributed by atoms with E-state index in [1.54, 1.807) is 11.3 Å². The highest BCUT2D eigenvalue weighted by Gasteiger charge is 2.34. The number of anilines is 1. The summed E-state index contributed by atoms with van der Waals surface area (Å²) in [4.78, 5) is 29.7. The summed E-state index contributed by atoms with van der Waals surface area (Å²) in [5.41, 5.74) is 2.51. The fraction of sp³-hybridized carbons (Fsp3) is 0.379. The van der Waals surface area contributed by atoms with Crippen LogP contribution in [0.2, 0.25) is 0 Å². The number of hydrogen-bond acceptors (Lipinski definition) is 6. The summed E-state index contributed by atoms with van der Waals surface area (Å²) in [5, 5.41) is 5.30. The molecule has 1 fully saturated rings. The molecule has 35 heavy (non-hydrogen) atoms. The van der Waals surface area contributed by atoms with Crippen molar-refractivity contribution in [1.29, 1.82) is 0 Å². The topological polar surface area (TPSA) is 58.6 Å². The van der Waals surface area contributed by atoms with Crippen LogP contribution in [0.4, 0.5) is 5.69 Å². The van der Waals surface area contributed by atoms with Crippen LogP contribution in [0.1, 0.15) is 53.5 Å². The van der Waals surface area contributed by atoms with E-state index >= 15 is 0 Å². The third kappa shape index (κ3) is 6.59. The molecule has 1 aliphatic rings. The van der Waals surface area contributed by atoms with Crippen molar-refractivity contribution < 1.29 is 14.3 Å². The molecular formula is C29H34N2O3S. The normalized spacial score (nSPS) is 19.1. The lowest BCUT2D eigenvalue weighted by Gasteiger charge is -2.38. The zero-order valence-corrected chi connectivity index (χ0v) is 21.3. The third-order valence-corrected chi connectivity index (χ3v) is 7.80. The zero-order chi connectivity index (χ0) is 24.6. The summed E-state index contributed by atoms with van der Waals surface area (Å²) >= 11 is 1.64. The first-order valence-corrected chi connectivity index (χ1v) is 13.3. The average molecular weight is 491 g/mol. The van der Waals surface area contributed by atoms with Gasteiger partial charge < -0.3 is 10.1 Å². The number of para-hydroxylation sites is 1. The number of rotatable bonds is 10. The number of piperidine rings is 1. The van der Waals surface area contributed by atoms with Crippen LogP contribution in [0, 0.1) is 5.92 Å². The molecule has 0 spiro atoms. The van der Waals surface area contributed by atoms with Crippen LogP contribution >= 0.6 is 11.3 Å². The van der Waals surface area contributed by atoms with Crippen LogP contribution in [0.15, 0.2) is 72.1 Å². The van der Waals surface area contributed by atoms with Crippen molar-refractivity contribution in [3.63, 3.8) is 0 Å². The molecule has 0 radical (unpaired) electrons. The Hall–Kier alpha value is -2.96. The van der Waals surface area contributed by atoms with Crippen molar-refractivity contribution >= 4 is 28.8 Å². The van der Waals surface area contributed by atoms with Crippen molar-refractivity contribution in [3.8, 4) is 0 Å². The first-order chi connectivity index (χ1) is 17.1. The summed E-state index contributed by atoms with van der Waals surface area (Å²) in [7, 11) is 0. The molecule has 2 heterocycles. The Labute approximate surface area is 212 Å². The Kier molecular flexibility index (Phi) is 8.72. The van der Waals surface area contributed by atoms with Gasteiger partial charge in [0.05, 0.1) is 6.54 Å². The van der Waals surface area contributed by atoms with Crippen molar-refractivity contribution in [2.75, 3.05) is 25.0 Å². The molecule has 5 nitrogen and oxygen atoms in total. The van der Waals surface area contributed by atoms with Crippen LogP contribution in [-0.4, -0.2) is 42.4 Å². The third-order valence-electron chi connectivity index (χ3n) is 6.72. The van der Waals surface area contributed by atoms with Crippen molar-refractivity contribution in [1.82, 2.24) is 4.90 Å². The lowest BCUT2D eigenvalue weighted by Crippen LogP contribution is -2.48. The van der Waals surface area contributed by atoms with E-state index in [4.69, 9.17) is 4.74 Å². The maximum atomic E-state index is 13.5. The number of likely N-dealkylation sites (tertiary alicyclic amines) is 1. The Balaban J connectivity index is 1.45. The second-order valence-electron chi connectivity index (χ2n) is 9.10. The van der Waals surface area contributed by atoms with Crippen LogP contribution in [0.25, 0.3) is 0 Å². The molecule has 0 aliphatic carbocycles. The number of carbonyl (C=O) groups excluding carboxylic acids is 2. The molecule has 3 aromatic rings. The zero-order valence-electron chi connectivity index (χ0n) is 20.5. The lowest BCUT2D eigenvalue weighted by molar-refractivity contribution is -0.156. The second kappa shape index (κ2) is 12.1. The van der Waals surface area contributed by atoms with E-state index in [2.05, 4.69) is 24.1 Å². The Morgan fingerprint density at radius 3 is 2.46 bits per heavy atom. The number of thiophene rings is 1. The number of carbonyl (C=O) groups is 2. The maximum absolute atomic E-state index is 13.5. The van der Waals surface area contributed by atoms with Crippen LogP contribution in [0.5, 0.6) is 0 Å². The highest BCUT2D eigenvalue weighted by molar-refractivity contribution is 7.10. The van der Waals surface area contributed by atoms with E-state index in [1.807, 2.05) is 72.1 Å². The van der Waals surface area contributed by atoms with E-state index in [0.717, 1.165) is 42.6 Å². The fourth-order valence-electron chi connectivity index (χ4n) is 4.62. The molecule has 1 aliphatic heterocycles. The molecule has 6 heteroatoms. The number of hydrogen-bond donors (Lipinski definition) is 1. The SMILES string of the molecule is CCc1cc(C(=O)CN2CCC(CC)C(OC(=O)C(Nc3ccccc3)c3ccccc3)C2)cs1. The molecule has 3 atom stereocenters. The molecule has 184 valence electrons. The monoisotopic (exact) mass is 490 g/mol. The first-order valence-electron chi connectivity index (χ1n) is 12.5. The average Bonchev–Trinajstić information content (AvgIpc) is 3.38. The van der Waals surface area contributed by atoms with Gasteiger partial charge in [-0.3, -0.25) is 9.69 Å². The number of nitrogens with zero attached hydrogens (tertiary/aromatic N) is 1. The number of ether oxygens (including phenoxy) is 1. The number of ketones is 1. The van der Waals surface area contributed by atoms with Gasteiger partial charge >= 0.3 is 5.97 Å². The second-order valence-corrected chi connectivity index (χ2v) is 10.1. The molecule has 1 N–H and O–H groups in total. The van der Waals surface area contributed by atoms with Crippen molar-refractivity contribution in [3.05, 3.63) is 88.1 Å². The predicted octanol–water partition coefficient (Wildman–Crippen LogP) is 5.99. The van der Waals surface area contributed by atoms with Crippen molar-refractivity contribution in [2.45, 2.75) is 45.3 Å². The molecule has 1 saturated heterocycles. The minimum Gasteiger partial charge on any atom is -0.459 e. The van der Waals surface area contributed by atoms with E-state index in [0.29, 0.717) is 13.1 Å². The smallest absolute Gasteiger partial charge is 0.333 e. The summed E-state index contributed by atoms with van der Waals surface area (Å²) in [6.07, 6.45) is 2.55. The summed E-state index contributed by atoms with van der Waals surface area (Å²) in [5.74, 6) is 0.127. The number of esters is 1. The molecule has 0 bridgehead atoms. The number of aryl methyl sites for hydroxylation is 1. The minimum absolute atomic E-state index is 0.133. The van der Waals surface area contributed by atoms with E-state index < -0.39 is 6.04 Å². The van der Waals surface area contributed by atoms with Crippen LogP contribution < -0.4 is 5.32 Å². The van der Waals surface area contributed by atoms with E-state index in [9.17, 15) is 9.59 Å². The molecule has 0 saturated carbocycles. The Bertz CT molecular complexity index is 1100. The minimum atomic E-state index is -0.605. The standard InChI is InChI=1S/C29H34N2O3S/c1-3-21-15-16-31(18-26(32)23-17-25(4-2)35-20-23)19-27(21)34-29(33)28(22-11-7-5-8-12-22)30-24-13-9-6-10-14-24/h5-14,17,20-21,27-28,30H,3-4,15-16,18-19H2,1-2H3. The van der Waals surface area contributed by atoms with Gasteiger partial charge in [0.25, 0.3) is 0 Å². The van der Waals surface area contributed by atoms with Gasteiger partial charge in [-0.05, 0) is 55.5 Å². The Morgan fingerprint density at radius 2 is 1.80 bits per heavy atom. The first kappa shape index (κ1) is 25.1. The highest BCUT2D eigenvalue weighted by Crippen LogP contribution is 2.28. The summed E-state index contributed by atoms with van der Waals surface area (Å²) < 4.78 is 6.17. The largest absolute Gasteiger partial charge is 0.459 e. The quantitative estimate of drug-likeness (QED) is 0.279. The maximum Gasteiger partial charge on any atom is 0.333 e. The summed E-state index contributed by atoms with van der Waals surface area (Å²) in [6, 6.07) is 20.8. The number of benzene rings is 2. The van der Waals surface area contributed by atoms with Gasteiger partial charge in [-0.25, -0.2) is 4.79 Å². The molecule has 3 unspecified atom stereocenters. The number of Topliss-reactive ketones (excluding diaryl/α,β-unsaturated/α-hetero) is 1. The Morgan fingerprint density at radius 1 is 1.09 bits per heavy atom. The van der Waals surface area contributed by atoms with Gasteiger partial charge in [0, 0.05) is 28.1 Å². The number of nitrogens with one attached hydrogen (secondary N) is 1. The molecule has 1 aromatic heterocycles. The predicted molar refractivity (Wildman–Crippen MR) is 142 cm³/mol. The molecular weight excluding hydrogens is 456 g/mol. The summed E-state index contributed by atoms with van der Waals surface area (Å²) in [6.45, 7) is 6.01. The lowest BCUT2D eigenvalue weighted by atomic mass is 9.91. The highest BCUT2D eigenvalue weighted by atomic mass is 32.1. The van der Waals surface area contributed by atoms with Crippen LogP contribution in [-0.2, 0) is 16.0 Å². The van der Waals surface area contributed by atoms with Crippen LogP contribution in [0.3, 0.4) is 0 Å². The molecule has 2 aromatic carbocycles. The van der Waals surface area contributed by atoms with Gasteiger partial charge in [-0.15, -0.1) is 11.3 Å². The fourth-order valence-corrected chi connectivity index (χ4v) is 5.46. The molecule has 4 rings (SSSR count). The van der Waals surface area contributed by atoms with Gasteiger partial charge in [0.1, 0.15) is 6.10 Å².